The minimum Gasteiger partial charge on any atom is -0.496 e. The SMILES string of the molecule is CCOC(=O)c1c(-c2ccccc2OC)c(C#N)c(=O)n2ccccc12. The fraction of sp³-hybridized carbons (Fsp3) is 0.150. The van der Waals surface area contributed by atoms with Crippen molar-refractivity contribution in [2.75, 3.05) is 13.7 Å². The highest BCUT2D eigenvalue weighted by molar-refractivity contribution is 6.06. The Morgan fingerprint density at radius 2 is 1.92 bits per heavy atom. The molecule has 0 aliphatic carbocycles. The van der Waals surface area contributed by atoms with E-state index in [4.69, 9.17) is 9.47 Å². The molecule has 2 aromatic heterocycles. The van der Waals surface area contributed by atoms with Gasteiger partial charge in [0.1, 0.15) is 17.4 Å². The van der Waals surface area contributed by atoms with Crippen LogP contribution in [0.15, 0.2) is 53.5 Å². The van der Waals surface area contributed by atoms with Gasteiger partial charge in [-0.15, -0.1) is 0 Å². The summed E-state index contributed by atoms with van der Waals surface area (Å²) in [6.07, 6.45) is 1.52. The van der Waals surface area contributed by atoms with E-state index >= 15 is 0 Å². The first kappa shape index (κ1) is 17.2. The van der Waals surface area contributed by atoms with Crippen molar-refractivity contribution >= 4 is 11.5 Å². The second-order valence-electron chi connectivity index (χ2n) is 5.42. The summed E-state index contributed by atoms with van der Waals surface area (Å²) in [7, 11) is 1.49. The predicted octanol–water partition coefficient (Wildman–Crippen LogP) is 3.02. The molecule has 0 N–H and O–H groups in total. The number of nitrogens with zero attached hydrogens (tertiary/aromatic N) is 2. The highest BCUT2D eigenvalue weighted by Crippen LogP contribution is 2.35. The molecule has 0 bridgehead atoms. The first-order chi connectivity index (χ1) is 12.6. The number of fused-ring (bicyclic) bond motifs is 1. The van der Waals surface area contributed by atoms with E-state index in [1.165, 1.54) is 17.7 Å². The molecule has 0 unspecified atom stereocenters. The van der Waals surface area contributed by atoms with Crippen LogP contribution in [0.5, 0.6) is 5.75 Å². The standard InChI is InChI=1S/C20H16N2O4/c1-3-26-20(24)18-15-9-6-7-11-22(15)19(23)14(12-21)17(18)13-8-4-5-10-16(13)25-2/h4-11H,3H2,1-2H3. The summed E-state index contributed by atoms with van der Waals surface area (Å²) >= 11 is 0. The molecule has 0 aliphatic heterocycles. The van der Waals surface area contributed by atoms with Crippen LogP contribution in [-0.4, -0.2) is 24.1 Å². The Morgan fingerprint density at radius 1 is 1.19 bits per heavy atom. The first-order valence-electron chi connectivity index (χ1n) is 8.02. The molecule has 26 heavy (non-hydrogen) atoms. The highest BCUT2D eigenvalue weighted by atomic mass is 16.5. The minimum atomic E-state index is -0.603. The van der Waals surface area contributed by atoms with Gasteiger partial charge in [-0.3, -0.25) is 9.20 Å². The molecule has 0 amide bonds. The normalized spacial score (nSPS) is 10.3. The van der Waals surface area contributed by atoms with Crippen LogP contribution in [0.4, 0.5) is 0 Å². The molecule has 0 aliphatic rings. The lowest BCUT2D eigenvalue weighted by molar-refractivity contribution is 0.0529. The Bertz CT molecular complexity index is 1090. The summed E-state index contributed by atoms with van der Waals surface area (Å²) in [6.45, 7) is 1.87. The van der Waals surface area contributed by atoms with Gasteiger partial charge in [0.25, 0.3) is 5.56 Å². The monoisotopic (exact) mass is 348 g/mol. The average molecular weight is 348 g/mol. The zero-order chi connectivity index (χ0) is 18.7. The molecule has 3 aromatic rings. The number of ether oxygens (including phenoxy) is 2. The summed E-state index contributed by atoms with van der Waals surface area (Å²) in [5.74, 6) is -0.150. The van der Waals surface area contributed by atoms with Crippen LogP contribution in [-0.2, 0) is 4.74 Å². The summed E-state index contributed by atoms with van der Waals surface area (Å²) < 4.78 is 11.9. The van der Waals surface area contributed by atoms with Gasteiger partial charge in [-0.1, -0.05) is 24.3 Å². The number of para-hydroxylation sites is 1. The van der Waals surface area contributed by atoms with Crippen molar-refractivity contribution < 1.29 is 14.3 Å². The van der Waals surface area contributed by atoms with E-state index in [1.54, 1.807) is 49.4 Å². The molecule has 6 nitrogen and oxygen atoms in total. The van der Waals surface area contributed by atoms with Gasteiger partial charge in [0.15, 0.2) is 0 Å². The maximum absolute atomic E-state index is 12.8. The number of nitriles is 1. The van der Waals surface area contributed by atoms with Crippen LogP contribution in [0, 0.1) is 11.3 Å². The third-order valence-electron chi connectivity index (χ3n) is 4.02. The zero-order valence-electron chi connectivity index (χ0n) is 14.4. The van der Waals surface area contributed by atoms with E-state index in [9.17, 15) is 14.9 Å². The van der Waals surface area contributed by atoms with Crippen molar-refractivity contribution in [3.05, 3.63) is 70.1 Å². The van der Waals surface area contributed by atoms with Gasteiger partial charge in [-0.2, -0.15) is 5.26 Å². The number of benzene rings is 1. The molecule has 0 saturated heterocycles. The molecule has 0 spiro atoms. The Hall–Kier alpha value is -3.59. The quantitative estimate of drug-likeness (QED) is 0.677. The molecule has 1 aromatic carbocycles. The van der Waals surface area contributed by atoms with Gasteiger partial charge in [-0.05, 0) is 25.1 Å². The molecule has 2 heterocycles. The summed E-state index contributed by atoms with van der Waals surface area (Å²) in [6, 6.07) is 13.9. The largest absolute Gasteiger partial charge is 0.496 e. The predicted molar refractivity (Wildman–Crippen MR) is 96.3 cm³/mol. The molecule has 6 heteroatoms. The smallest absolute Gasteiger partial charge is 0.340 e. The van der Waals surface area contributed by atoms with Gasteiger partial charge >= 0.3 is 5.97 Å². The van der Waals surface area contributed by atoms with Gasteiger partial charge in [-0.25, -0.2) is 4.79 Å². The second kappa shape index (κ2) is 7.11. The third-order valence-corrected chi connectivity index (χ3v) is 4.02. The number of esters is 1. The van der Waals surface area contributed by atoms with E-state index < -0.39 is 11.5 Å². The topological polar surface area (TPSA) is 80.8 Å². The lowest BCUT2D eigenvalue weighted by Gasteiger charge is -2.16. The first-order valence-corrected chi connectivity index (χ1v) is 8.02. The minimum absolute atomic E-state index is 0.138. The third kappa shape index (κ3) is 2.70. The summed E-state index contributed by atoms with van der Waals surface area (Å²) in [5.41, 5.74) is 0.597. The Kier molecular flexibility index (Phi) is 4.72. The molecular weight excluding hydrogens is 332 g/mol. The van der Waals surface area contributed by atoms with Crippen LogP contribution >= 0.6 is 0 Å². The van der Waals surface area contributed by atoms with Gasteiger partial charge in [0.05, 0.1) is 24.8 Å². The molecule has 0 atom stereocenters. The Morgan fingerprint density at radius 3 is 2.62 bits per heavy atom. The number of pyridine rings is 2. The van der Waals surface area contributed by atoms with Crippen molar-refractivity contribution in [2.24, 2.45) is 0 Å². The van der Waals surface area contributed by atoms with Crippen molar-refractivity contribution in [1.82, 2.24) is 4.40 Å². The number of carbonyl (C=O) groups is 1. The lowest BCUT2D eigenvalue weighted by atomic mass is 9.94. The van der Waals surface area contributed by atoms with Crippen molar-refractivity contribution in [1.29, 1.82) is 5.26 Å². The van der Waals surface area contributed by atoms with Crippen molar-refractivity contribution in [2.45, 2.75) is 6.92 Å². The number of methoxy groups -OCH3 is 1. The Balaban J connectivity index is 2.55. The highest BCUT2D eigenvalue weighted by Gasteiger charge is 2.26. The van der Waals surface area contributed by atoms with Crippen LogP contribution in [0.25, 0.3) is 16.6 Å². The maximum atomic E-state index is 12.8. The molecule has 0 radical (unpaired) electrons. The molecule has 130 valence electrons. The summed E-state index contributed by atoms with van der Waals surface area (Å²) in [4.78, 5) is 25.6. The van der Waals surface area contributed by atoms with Gasteiger partial charge in [0, 0.05) is 17.3 Å². The summed E-state index contributed by atoms with van der Waals surface area (Å²) in [5, 5.41) is 9.66. The number of rotatable bonds is 4. The van der Waals surface area contributed by atoms with E-state index in [0.717, 1.165) is 0 Å². The van der Waals surface area contributed by atoms with E-state index in [-0.39, 0.29) is 23.3 Å². The van der Waals surface area contributed by atoms with E-state index in [1.807, 2.05) is 6.07 Å². The molecular formula is C20H16N2O4. The number of aromatic nitrogens is 1. The average Bonchev–Trinajstić information content (AvgIpc) is 2.68. The van der Waals surface area contributed by atoms with E-state index in [0.29, 0.717) is 16.8 Å². The Labute approximate surface area is 149 Å². The van der Waals surface area contributed by atoms with E-state index in [2.05, 4.69) is 0 Å². The lowest BCUT2D eigenvalue weighted by Crippen LogP contribution is -2.22. The number of carbonyl (C=O) groups excluding carboxylic acids is 1. The fourth-order valence-corrected chi connectivity index (χ4v) is 2.94. The molecule has 3 rings (SSSR count). The second-order valence-corrected chi connectivity index (χ2v) is 5.42. The van der Waals surface area contributed by atoms with Crippen LogP contribution in [0.3, 0.4) is 0 Å². The van der Waals surface area contributed by atoms with Crippen LogP contribution < -0.4 is 10.3 Å². The molecule has 0 saturated carbocycles. The van der Waals surface area contributed by atoms with Gasteiger partial charge in [0.2, 0.25) is 0 Å². The van der Waals surface area contributed by atoms with Crippen molar-refractivity contribution in [3.63, 3.8) is 0 Å². The zero-order valence-corrected chi connectivity index (χ0v) is 14.4. The number of hydrogen-bond donors (Lipinski definition) is 0. The number of hydrogen-bond acceptors (Lipinski definition) is 5. The van der Waals surface area contributed by atoms with Crippen molar-refractivity contribution in [3.8, 4) is 22.9 Å². The van der Waals surface area contributed by atoms with Crippen LogP contribution in [0.1, 0.15) is 22.8 Å². The van der Waals surface area contributed by atoms with Crippen LogP contribution in [0.2, 0.25) is 0 Å². The van der Waals surface area contributed by atoms with Gasteiger partial charge < -0.3 is 9.47 Å². The maximum Gasteiger partial charge on any atom is 0.340 e. The molecule has 0 fully saturated rings. The fourth-order valence-electron chi connectivity index (χ4n) is 2.94.